The smallest absolute Gasteiger partial charge is 0.243 e. The molecule has 0 spiro atoms. The second-order valence-electron chi connectivity index (χ2n) is 7.20. The third-order valence-electron chi connectivity index (χ3n) is 5.90. The van der Waals surface area contributed by atoms with Crippen molar-refractivity contribution in [3.63, 3.8) is 0 Å². The molecule has 4 heteroatoms. The minimum absolute atomic E-state index is 0.212. The summed E-state index contributed by atoms with van der Waals surface area (Å²) >= 11 is 0. The Labute approximate surface area is 150 Å². The zero-order valence-corrected chi connectivity index (χ0v) is 15.7. The average molecular weight is 342 g/mol. The number of carbonyl (C=O) groups is 1. The van der Waals surface area contributed by atoms with E-state index in [-0.39, 0.29) is 5.91 Å². The van der Waals surface area contributed by atoms with Gasteiger partial charge in [-0.15, -0.1) is 0 Å². The van der Waals surface area contributed by atoms with Gasteiger partial charge >= 0.3 is 0 Å². The molecule has 1 unspecified atom stereocenters. The topological polar surface area (TPSA) is 57.2 Å². The summed E-state index contributed by atoms with van der Waals surface area (Å²) in [6.45, 7) is 4.25. The number of hydrogen-bond donors (Lipinski definition) is 1. The third-order valence-corrected chi connectivity index (χ3v) is 5.90. The monoisotopic (exact) mass is 342 g/mol. The quantitative estimate of drug-likeness (QED) is 0.815. The number of carbonyl (C=O) groups excluding carboxylic acids is 1. The number of amides is 1. The predicted octanol–water partition coefficient (Wildman–Crippen LogP) is 4.31. The average Bonchev–Trinajstić information content (AvgIpc) is 2.97. The van der Waals surface area contributed by atoms with Crippen LogP contribution in [0.15, 0.2) is 18.2 Å². The first-order valence-corrected chi connectivity index (χ1v) is 9.59. The van der Waals surface area contributed by atoms with Crippen molar-refractivity contribution < 1.29 is 9.53 Å². The molecule has 2 N–H and O–H groups in total. The molecule has 1 heterocycles. The number of benzene rings is 1. The van der Waals surface area contributed by atoms with Crippen LogP contribution in [-0.2, 0) is 23.2 Å². The Morgan fingerprint density at radius 2 is 2.04 bits per heavy atom. The Morgan fingerprint density at radius 3 is 2.68 bits per heavy atom. The number of hydrogen-bond acceptors (Lipinski definition) is 2. The maximum absolute atomic E-state index is 12.7. The maximum Gasteiger partial charge on any atom is 0.243 e. The lowest BCUT2D eigenvalue weighted by atomic mass is 9.87. The van der Waals surface area contributed by atoms with E-state index in [1.165, 1.54) is 29.5 Å². The van der Waals surface area contributed by atoms with Crippen LogP contribution in [0.5, 0.6) is 5.75 Å². The summed E-state index contributed by atoms with van der Waals surface area (Å²) in [6.07, 6.45) is 8.05. The minimum atomic E-state index is -0.647. The van der Waals surface area contributed by atoms with Crippen LogP contribution in [0.1, 0.15) is 63.6 Å². The molecule has 25 heavy (non-hydrogen) atoms. The minimum Gasteiger partial charge on any atom is -0.497 e. The van der Waals surface area contributed by atoms with Crippen LogP contribution in [-0.4, -0.2) is 17.6 Å². The summed E-state index contributed by atoms with van der Waals surface area (Å²) in [6, 6.07) is 6.24. The molecule has 0 radical (unpaired) electrons. The molecule has 1 amide bonds. The Bertz CT molecular complexity index is 778. The summed E-state index contributed by atoms with van der Waals surface area (Å²) < 4.78 is 7.76. The summed E-state index contributed by atoms with van der Waals surface area (Å²) in [5.74, 6) is 0.616. The Hall–Kier alpha value is -1.97. The molecule has 0 fully saturated rings. The van der Waals surface area contributed by atoms with Gasteiger partial charge in [0.2, 0.25) is 5.91 Å². The number of methoxy groups -OCH3 is 1. The Balaban J connectivity index is 2.33. The summed E-state index contributed by atoms with van der Waals surface area (Å²) in [5.41, 5.74) is 9.18. The fourth-order valence-corrected chi connectivity index (χ4v) is 4.46. The van der Waals surface area contributed by atoms with Crippen LogP contribution >= 0.6 is 0 Å². The fourth-order valence-electron chi connectivity index (χ4n) is 4.46. The van der Waals surface area contributed by atoms with Crippen LogP contribution < -0.4 is 10.5 Å². The first kappa shape index (κ1) is 17.8. The molecule has 0 saturated heterocycles. The van der Waals surface area contributed by atoms with Crippen molar-refractivity contribution in [3.05, 3.63) is 29.5 Å². The molecule has 2 aromatic rings. The molecule has 136 valence electrons. The lowest BCUT2D eigenvalue weighted by molar-refractivity contribution is -0.127. The van der Waals surface area contributed by atoms with Gasteiger partial charge in [-0.05, 0) is 56.2 Å². The van der Waals surface area contributed by atoms with Crippen LogP contribution in [0.4, 0.5) is 0 Å². The van der Waals surface area contributed by atoms with Gasteiger partial charge in [-0.3, -0.25) is 4.79 Å². The molecule has 1 aliphatic rings. The second kappa shape index (κ2) is 7.11. The molecule has 4 nitrogen and oxygen atoms in total. The fraction of sp³-hybridized carbons (Fsp3) is 0.571. The predicted molar refractivity (Wildman–Crippen MR) is 102 cm³/mol. The van der Waals surface area contributed by atoms with Gasteiger partial charge in [0.25, 0.3) is 0 Å². The number of primary amides is 1. The third kappa shape index (κ3) is 2.82. The number of aromatic nitrogens is 1. The van der Waals surface area contributed by atoms with Crippen molar-refractivity contribution in [1.82, 2.24) is 4.57 Å². The highest BCUT2D eigenvalue weighted by Crippen LogP contribution is 2.41. The molecule has 1 aromatic heterocycles. The molecule has 3 rings (SSSR count). The summed E-state index contributed by atoms with van der Waals surface area (Å²) in [7, 11) is 1.69. The highest BCUT2D eigenvalue weighted by atomic mass is 16.5. The lowest BCUT2D eigenvalue weighted by Crippen LogP contribution is -2.47. The van der Waals surface area contributed by atoms with E-state index in [1.54, 1.807) is 7.11 Å². The molecule has 0 bridgehead atoms. The van der Waals surface area contributed by atoms with Gasteiger partial charge in [-0.25, -0.2) is 0 Å². The maximum atomic E-state index is 12.7. The van der Waals surface area contributed by atoms with Gasteiger partial charge < -0.3 is 15.0 Å². The summed E-state index contributed by atoms with van der Waals surface area (Å²) in [4.78, 5) is 12.7. The van der Waals surface area contributed by atoms with E-state index in [1.807, 2.05) is 6.07 Å². The molecule has 1 aliphatic carbocycles. The van der Waals surface area contributed by atoms with E-state index in [0.29, 0.717) is 0 Å². The van der Waals surface area contributed by atoms with Crippen LogP contribution in [0.3, 0.4) is 0 Å². The van der Waals surface area contributed by atoms with Crippen molar-refractivity contribution in [3.8, 4) is 5.75 Å². The van der Waals surface area contributed by atoms with Crippen LogP contribution in [0, 0.1) is 0 Å². The SMILES string of the molecule is CCCCC(CC)(C(N)=O)n1c2c(c3ccc(OC)cc31)CCCC2. The molecule has 0 saturated carbocycles. The van der Waals surface area contributed by atoms with E-state index < -0.39 is 5.54 Å². The second-order valence-corrected chi connectivity index (χ2v) is 7.20. The number of rotatable bonds is 7. The lowest BCUT2D eigenvalue weighted by Gasteiger charge is -2.35. The molecular formula is C21H30N2O2. The van der Waals surface area contributed by atoms with Gasteiger partial charge in [-0.1, -0.05) is 26.7 Å². The number of nitrogens with zero attached hydrogens (tertiary/aromatic N) is 1. The highest BCUT2D eigenvalue weighted by Gasteiger charge is 2.40. The number of aryl methyl sites for hydroxylation is 1. The van der Waals surface area contributed by atoms with E-state index in [2.05, 4.69) is 30.5 Å². The molecule has 0 aliphatic heterocycles. The number of fused-ring (bicyclic) bond motifs is 3. The van der Waals surface area contributed by atoms with E-state index >= 15 is 0 Å². The number of nitrogens with two attached hydrogens (primary N) is 1. The van der Waals surface area contributed by atoms with Crippen LogP contribution in [0.2, 0.25) is 0 Å². The van der Waals surface area contributed by atoms with Gasteiger partial charge in [0, 0.05) is 17.1 Å². The van der Waals surface area contributed by atoms with E-state index in [9.17, 15) is 4.79 Å². The first-order valence-electron chi connectivity index (χ1n) is 9.59. The molecule has 1 atom stereocenters. The number of unbranched alkanes of at least 4 members (excludes halogenated alkanes) is 1. The van der Waals surface area contributed by atoms with Gasteiger partial charge in [0.1, 0.15) is 11.3 Å². The molecule has 1 aromatic carbocycles. The van der Waals surface area contributed by atoms with Crippen LogP contribution in [0.25, 0.3) is 10.9 Å². The summed E-state index contributed by atoms with van der Waals surface area (Å²) in [5, 5.41) is 1.26. The normalized spacial score (nSPS) is 16.4. The van der Waals surface area contributed by atoms with Crippen molar-refractivity contribution in [2.75, 3.05) is 7.11 Å². The largest absolute Gasteiger partial charge is 0.497 e. The Morgan fingerprint density at radius 1 is 1.28 bits per heavy atom. The van der Waals surface area contributed by atoms with Crippen molar-refractivity contribution in [1.29, 1.82) is 0 Å². The van der Waals surface area contributed by atoms with Crippen molar-refractivity contribution in [2.45, 2.75) is 70.8 Å². The highest BCUT2D eigenvalue weighted by molar-refractivity contribution is 5.91. The zero-order chi connectivity index (χ0) is 18.0. The molecular weight excluding hydrogens is 312 g/mol. The van der Waals surface area contributed by atoms with Crippen molar-refractivity contribution in [2.24, 2.45) is 5.73 Å². The standard InChI is InChI=1S/C21H30N2O2/c1-4-6-13-21(5-2,20(22)24)23-18-10-8-7-9-16(18)17-12-11-15(25-3)14-19(17)23/h11-12,14H,4-10,13H2,1-3H3,(H2,22,24). The van der Waals surface area contributed by atoms with Gasteiger partial charge in [0.05, 0.1) is 12.6 Å². The van der Waals surface area contributed by atoms with Gasteiger partial charge in [0.15, 0.2) is 0 Å². The van der Waals surface area contributed by atoms with Crippen molar-refractivity contribution >= 4 is 16.8 Å². The zero-order valence-electron chi connectivity index (χ0n) is 15.7. The van der Waals surface area contributed by atoms with E-state index in [4.69, 9.17) is 10.5 Å². The van der Waals surface area contributed by atoms with E-state index in [0.717, 1.165) is 49.8 Å². The first-order chi connectivity index (χ1) is 12.1. The van der Waals surface area contributed by atoms with Gasteiger partial charge in [-0.2, -0.15) is 0 Å². The Kier molecular flexibility index (Phi) is 5.07. The number of ether oxygens (including phenoxy) is 1.